The number of esters is 1. The van der Waals surface area contributed by atoms with Crippen molar-refractivity contribution in [2.24, 2.45) is 7.05 Å². The topological polar surface area (TPSA) is 102 Å². The highest BCUT2D eigenvalue weighted by Gasteiger charge is 2.17. The van der Waals surface area contributed by atoms with Crippen LogP contribution in [0, 0.1) is 0 Å². The van der Waals surface area contributed by atoms with E-state index in [4.69, 9.17) is 0 Å². The molecule has 0 radical (unpaired) electrons. The quantitative estimate of drug-likeness (QED) is 0.621. The number of imidazole rings is 2. The van der Waals surface area contributed by atoms with Crippen LogP contribution in [0.25, 0.3) is 0 Å². The second kappa shape index (κ2) is 15.2. The van der Waals surface area contributed by atoms with E-state index in [1.165, 1.54) is 21.0 Å². The monoisotopic (exact) mass is 425 g/mol. The van der Waals surface area contributed by atoms with E-state index in [1.54, 1.807) is 13.2 Å². The van der Waals surface area contributed by atoms with Crippen LogP contribution in [0.4, 0.5) is 0 Å². The predicted octanol–water partition coefficient (Wildman–Crippen LogP) is 3.99. The van der Waals surface area contributed by atoms with Crippen LogP contribution in [0.5, 0.6) is 0 Å². The second-order valence-electron chi connectivity index (χ2n) is 8.30. The van der Waals surface area contributed by atoms with Gasteiger partial charge in [-0.2, -0.15) is 0 Å². The molecule has 0 aliphatic carbocycles. The van der Waals surface area contributed by atoms with Gasteiger partial charge in [0.25, 0.3) is 0 Å². The molecule has 0 aliphatic heterocycles. The molecule has 0 saturated heterocycles. The Kier molecular flexibility index (Phi) is 16.3. The number of methoxy groups -OCH3 is 1. The van der Waals surface area contributed by atoms with Crippen molar-refractivity contribution >= 4 is 11.9 Å². The summed E-state index contributed by atoms with van der Waals surface area (Å²) in [6.07, 6.45) is 7.43. The molecule has 1 amide bonds. The summed E-state index contributed by atoms with van der Waals surface area (Å²) in [4.78, 5) is 30.7. The number of H-pyrrole nitrogens is 1. The SMILES string of the molecule is C.CC(C)(C)c1ncc[nH]1.CNC(C)=O.COC(C)=O.Cn1ccnc1C(C)(C)C. The Morgan fingerprint density at radius 2 is 1.50 bits per heavy atom. The number of nitrogens with zero attached hydrogens (tertiary/aromatic N) is 3. The average molecular weight is 426 g/mol. The second-order valence-corrected chi connectivity index (χ2v) is 8.30. The lowest BCUT2D eigenvalue weighted by Crippen LogP contribution is -2.16. The van der Waals surface area contributed by atoms with Crippen LogP contribution in [0.15, 0.2) is 24.8 Å². The van der Waals surface area contributed by atoms with E-state index in [-0.39, 0.29) is 30.1 Å². The zero-order valence-corrected chi connectivity index (χ0v) is 19.9. The summed E-state index contributed by atoms with van der Waals surface area (Å²) in [6.45, 7) is 15.7. The van der Waals surface area contributed by atoms with Gasteiger partial charge in [0.2, 0.25) is 5.91 Å². The normalized spacial score (nSPS) is 9.83. The molecule has 2 aromatic rings. The third kappa shape index (κ3) is 16.3. The molecule has 0 spiro atoms. The standard InChI is InChI=1S/C8H14N2.C7H12N2.C3H7NO.C3H6O2.CH4/c1-8(2,3)7-9-5-6-10(7)4;1-7(2,3)6-8-4-5-9-6;1-3(5)4-2;1-3(4)5-2;/h5-6H,1-4H3;4-5H,1-3H3,(H,8,9);1-2H3,(H,4,5);1-2H3;1H4. The van der Waals surface area contributed by atoms with Crippen LogP contribution >= 0.6 is 0 Å². The van der Waals surface area contributed by atoms with E-state index in [0.717, 1.165) is 11.6 Å². The molecule has 2 N–H and O–H groups in total. The fourth-order valence-corrected chi connectivity index (χ4v) is 1.76. The molecule has 0 saturated carbocycles. The summed E-state index contributed by atoms with van der Waals surface area (Å²) in [5, 5.41) is 2.39. The highest BCUT2D eigenvalue weighted by atomic mass is 16.5. The smallest absolute Gasteiger partial charge is 0.302 e. The van der Waals surface area contributed by atoms with E-state index in [0.29, 0.717) is 0 Å². The fraction of sp³-hybridized carbons (Fsp3) is 0.636. The number of ether oxygens (including phenoxy) is 1. The minimum Gasteiger partial charge on any atom is -0.469 e. The average Bonchev–Trinajstić information content (AvgIpc) is 3.26. The summed E-state index contributed by atoms with van der Waals surface area (Å²) >= 11 is 0. The number of aromatic amines is 1. The summed E-state index contributed by atoms with van der Waals surface area (Å²) in [6, 6.07) is 0. The summed E-state index contributed by atoms with van der Waals surface area (Å²) in [5.74, 6) is 1.94. The molecule has 8 nitrogen and oxygen atoms in total. The molecule has 0 aromatic carbocycles. The number of aryl methyl sites for hydroxylation is 1. The maximum absolute atomic E-state index is 9.70. The van der Waals surface area contributed by atoms with Crippen LogP contribution in [-0.4, -0.2) is 45.6 Å². The maximum atomic E-state index is 9.70. The molecular weight excluding hydrogens is 382 g/mol. The van der Waals surface area contributed by atoms with Gasteiger partial charge in [-0.1, -0.05) is 49.0 Å². The van der Waals surface area contributed by atoms with Gasteiger partial charge in [0.15, 0.2) is 0 Å². The lowest BCUT2D eigenvalue weighted by molar-refractivity contribution is -0.137. The van der Waals surface area contributed by atoms with E-state index >= 15 is 0 Å². The van der Waals surface area contributed by atoms with Gasteiger partial charge in [0.05, 0.1) is 7.11 Å². The highest BCUT2D eigenvalue weighted by Crippen LogP contribution is 2.18. The lowest BCUT2D eigenvalue weighted by atomic mass is 9.96. The zero-order chi connectivity index (χ0) is 23.3. The van der Waals surface area contributed by atoms with Crippen LogP contribution in [0.1, 0.15) is 74.5 Å². The van der Waals surface area contributed by atoms with Crippen molar-refractivity contribution in [3.8, 4) is 0 Å². The van der Waals surface area contributed by atoms with Gasteiger partial charge in [-0.15, -0.1) is 0 Å². The first-order valence-electron chi connectivity index (χ1n) is 9.37. The molecule has 8 heteroatoms. The number of rotatable bonds is 0. The molecule has 2 heterocycles. The van der Waals surface area contributed by atoms with Gasteiger partial charge in [0, 0.05) is 63.6 Å². The van der Waals surface area contributed by atoms with Gasteiger partial charge >= 0.3 is 5.97 Å². The van der Waals surface area contributed by atoms with Crippen LogP contribution < -0.4 is 5.32 Å². The molecule has 2 rings (SSSR count). The van der Waals surface area contributed by atoms with E-state index in [2.05, 4.69) is 71.1 Å². The van der Waals surface area contributed by atoms with Crippen molar-refractivity contribution < 1.29 is 14.3 Å². The van der Waals surface area contributed by atoms with Gasteiger partial charge < -0.3 is 19.6 Å². The molecule has 174 valence electrons. The van der Waals surface area contributed by atoms with Crippen molar-refractivity contribution in [2.75, 3.05) is 14.2 Å². The Balaban J connectivity index is -0.000000337. The van der Waals surface area contributed by atoms with Crippen LogP contribution in [0.2, 0.25) is 0 Å². The third-order valence-electron chi connectivity index (χ3n) is 3.34. The lowest BCUT2D eigenvalue weighted by Gasteiger charge is -2.17. The molecule has 0 unspecified atom stereocenters. The minimum absolute atomic E-state index is 0. The van der Waals surface area contributed by atoms with E-state index < -0.39 is 0 Å². The Morgan fingerprint density at radius 3 is 1.63 bits per heavy atom. The van der Waals surface area contributed by atoms with Crippen molar-refractivity contribution in [3.63, 3.8) is 0 Å². The third-order valence-corrected chi connectivity index (χ3v) is 3.34. The van der Waals surface area contributed by atoms with Crippen molar-refractivity contribution in [3.05, 3.63) is 36.4 Å². The molecule has 0 aliphatic rings. The number of nitrogens with one attached hydrogen (secondary N) is 2. The first-order valence-corrected chi connectivity index (χ1v) is 9.37. The van der Waals surface area contributed by atoms with Crippen molar-refractivity contribution in [1.29, 1.82) is 0 Å². The van der Waals surface area contributed by atoms with Crippen LogP contribution in [0.3, 0.4) is 0 Å². The largest absolute Gasteiger partial charge is 0.469 e. The highest BCUT2D eigenvalue weighted by molar-refractivity contribution is 5.72. The number of hydrogen-bond donors (Lipinski definition) is 2. The fourth-order valence-electron chi connectivity index (χ4n) is 1.76. The van der Waals surface area contributed by atoms with E-state index in [1.807, 2.05) is 25.6 Å². The number of amides is 1. The molecule has 2 aromatic heterocycles. The van der Waals surface area contributed by atoms with Gasteiger partial charge in [-0.25, -0.2) is 9.97 Å². The summed E-state index contributed by atoms with van der Waals surface area (Å²) in [7, 11) is 4.97. The number of carbonyl (C=O) groups excluding carboxylic acids is 2. The number of aromatic nitrogens is 4. The van der Waals surface area contributed by atoms with Gasteiger partial charge in [-0.05, 0) is 0 Å². The van der Waals surface area contributed by atoms with Crippen LogP contribution in [-0.2, 0) is 32.2 Å². The Morgan fingerprint density at radius 1 is 1.03 bits per heavy atom. The maximum Gasteiger partial charge on any atom is 0.302 e. The Labute approximate surface area is 182 Å². The van der Waals surface area contributed by atoms with Crippen molar-refractivity contribution in [2.45, 2.75) is 73.6 Å². The molecule has 0 fully saturated rings. The summed E-state index contributed by atoms with van der Waals surface area (Å²) in [5.41, 5.74) is 0.321. The Bertz CT molecular complexity index is 679. The zero-order valence-electron chi connectivity index (χ0n) is 19.9. The predicted molar refractivity (Wildman–Crippen MR) is 123 cm³/mol. The van der Waals surface area contributed by atoms with E-state index in [9.17, 15) is 9.59 Å². The molecule has 0 atom stereocenters. The number of hydrogen-bond acceptors (Lipinski definition) is 5. The number of carbonyl (C=O) groups is 2. The minimum atomic E-state index is -0.245. The summed E-state index contributed by atoms with van der Waals surface area (Å²) < 4.78 is 6.17. The van der Waals surface area contributed by atoms with Crippen molar-refractivity contribution in [1.82, 2.24) is 24.8 Å². The Hall–Kier alpha value is -2.64. The van der Waals surface area contributed by atoms with Gasteiger partial charge in [0.1, 0.15) is 11.6 Å². The molecular formula is C22H43N5O3. The van der Waals surface area contributed by atoms with Gasteiger partial charge in [-0.3, -0.25) is 9.59 Å². The molecule has 30 heavy (non-hydrogen) atoms. The first-order chi connectivity index (χ1) is 13.2. The molecule has 0 bridgehead atoms. The first kappa shape index (κ1) is 32.0.